The van der Waals surface area contributed by atoms with Crippen LogP contribution in [0.5, 0.6) is 0 Å². The molecular formula is C15H19N3O2S. The summed E-state index contributed by atoms with van der Waals surface area (Å²) in [7, 11) is -3.40. The van der Waals surface area contributed by atoms with Gasteiger partial charge in [0.2, 0.25) is 10.0 Å². The number of nitrogens with zero attached hydrogens (tertiary/aromatic N) is 2. The molecule has 6 heteroatoms. The molecule has 2 aromatic rings. The van der Waals surface area contributed by atoms with Crippen LogP contribution in [-0.2, 0) is 10.0 Å². The van der Waals surface area contributed by atoms with E-state index in [0.29, 0.717) is 18.0 Å². The normalized spacial score (nSPS) is 20.0. The van der Waals surface area contributed by atoms with Crippen molar-refractivity contribution in [1.82, 2.24) is 14.3 Å². The van der Waals surface area contributed by atoms with Crippen molar-refractivity contribution >= 4 is 10.0 Å². The molecule has 1 saturated heterocycles. The van der Waals surface area contributed by atoms with Gasteiger partial charge in [-0.15, -0.1) is 0 Å². The molecule has 5 nitrogen and oxygen atoms in total. The summed E-state index contributed by atoms with van der Waals surface area (Å²) in [6.45, 7) is 4.93. The van der Waals surface area contributed by atoms with E-state index >= 15 is 0 Å². The van der Waals surface area contributed by atoms with Crippen molar-refractivity contribution in [3.05, 3.63) is 47.5 Å². The molecule has 3 rings (SSSR count). The number of benzene rings is 1. The average Bonchev–Trinajstić information content (AvgIpc) is 3.08. The van der Waals surface area contributed by atoms with Gasteiger partial charge in [-0.2, -0.15) is 4.31 Å². The number of sulfonamides is 1. The number of H-pyrrole nitrogens is 1. The molecule has 2 heterocycles. The molecule has 1 atom stereocenters. The summed E-state index contributed by atoms with van der Waals surface area (Å²) in [5, 5.41) is 0. The second-order valence-electron chi connectivity index (χ2n) is 5.61. The summed E-state index contributed by atoms with van der Waals surface area (Å²) in [4.78, 5) is 7.89. The molecule has 1 aliphatic rings. The first-order valence-corrected chi connectivity index (χ1v) is 8.49. The SMILES string of the molecule is Cc1ccc(S(=O)(=O)N2CCC(c3ncc(C)[nH]3)C2)cc1. The zero-order chi connectivity index (χ0) is 15.0. The van der Waals surface area contributed by atoms with E-state index in [9.17, 15) is 8.42 Å². The van der Waals surface area contributed by atoms with E-state index in [1.54, 1.807) is 22.6 Å². The van der Waals surface area contributed by atoms with Gasteiger partial charge in [-0.1, -0.05) is 17.7 Å². The van der Waals surface area contributed by atoms with Gasteiger partial charge in [0.25, 0.3) is 0 Å². The maximum absolute atomic E-state index is 12.6. The minimum absolute atomic E-state index is 0.152. The Bertz CT molecular complexity index is 735. The zero-order valence-corrected chi connectivity index (χ0v) is 13.0. The molecule has 1 fully saturated rings. The van der Waals surface area contributed by atoms with Crippen molar-refractivity contribution in [2.24, 2.45) is 0 Å². The quantitative estimate of drug-likeness (QED) is 0.945. The molecule has 21 heavy (non-hydrogen) atoms. The number of aryl methyl sites for hydroxylation is 2. The highest BCUT2D eigenvalue weighted by molar-refractivity contribution is 7.89. The Morgan fingerprint density at radius 2 is 1.95 bits per heavy atom. The molecule has 0 saturated carbocycles. The van der Waals surface area contributed by atoms with Crippen molar-refractivity contribution in [2.75, 3.05) is 13.1 Å². The highest BCUT2D eigenvalue weighted by Crippen LogP contribution is 2.29. The molecule has 1 aromatic carbocycles. The molecule has 0 spiro atoms. The smallest absolute Gasteiger partial charge is 0.243 e. The fourth-order valence-electron chi connectivity index (χ4n) is 2.67. The lowest BCUT2D eigenvalue weighted by molar-refractivity contribution is 0.471. The van der Waals surface area contributed by atoms with Crippen molar-refractivity contribution < 1.29 is 8.42 Å². The molecular weight excluding hydrogens is 286 g/mol. The van der Waals surface area contributed by atoms with Crippen LogP contribution < -0.4 is 0 Å². The maximum atomic E-state index is 12.6. The summed E-state index contributed by atoms with van der Waals surface area (Å²) in [6, 6.07) is 7.01. The Balaban J connectivity index is 1.80. The summed E-state index contributed by atoms with van der Waals surface area (Å²) in [6.07, 6.45) is 2.59. The number of rotatable bonds is 3. The zero-order valence-electron chi connectivity index (χ0n) is 12.2. The molecule has 112 valence electrons. The summed E-state index contributed by atoms with van der Waals surface area (Å²) >= 11 is 0. The predicted molar refractivity (Wildman–Crippen MR) is 80.6 cm³/mol. The Kier molecular flexibility index (Phi) is 3.59. The molecule has 0 amide bonds. The van der Waals surface area contributed by atoms with E-state index in [1.807, 2.05) is 26.0 Å². The van der Waals surface area contributed by atoms with Crippen LogP contribution in [0.25, 0.3) is 0 Å². The third-order valence-electron chi connectivity index (χ3n) is 3.92. The van der Waals surface area contributed by atoms with Gasteiger partial charge in [-0.3, -0.25) is 0 Å². The van der Waals surface area contributed by atoms with Crippen molar-refractivity contribution in [1.29, 1.82) is 0 Å². The van der Waals surface area contributed by atoms with Gasteiger partial charge < -0.3 is 4.98 Å². The Labute approximate surface area is 125 Å². The Morgan fingerprint density at radius 1 is 1.24 bits per heavy atom. The van der Waals surface area contributed by atoms with Crippen LogP contribution in [0.15, 0.2) is 35.4 Å². The van der Waals surface area contributed by atoms with Gasteiger partial charge in [-0.25, -0.2) is 13.4 Å². The molecule has 0 aliphatic carbocycles. The highest BCUT2D eigenvalue weighted by Gasteiger charge is 2.34. The van der Waals surface area contributed by atoms with Crippen molar-refractivity contribution in [3.8, 4) is 0 Å². The lowest BCUT2D eigenvalue weighted by atomic mass is 10.1. The van der Waals surface area contributed by atoms with Crippen LogP contribution in [0.3, 0.4) is 0 Å². The van der Waals surface area contributed by atoms with Gasteiger partial charge in [0, 0.05) is 30.9 Å². The van der Waals surface area contributed by atoms with E-state index in [-0.39, 0.29) is 5.92 Å². The number of aromatic amines is 1. The van der Waals surface area contributed by atoms with Gasteiger partial charge in [-0.05, 0) is 32.4 Å². The van der Waals surface area contributed by atoms with Crippen molar-refractivity contribution in [2.45, 2.75) is 31.1 Å². The second-order valence-corrected chi connectivity index (χ2v) is 7.55. The van der Waals surface area contributed by atoms with Crippen LogP contribution in [0.1, 0.15) is 29.4 Å². The first kappa shape index (κ1) is 14.3. The van der Waals surface area contributed by atoms with Crippen LogP contribution in [0, 0.1) is 13.8 Å². The first-order chi connectivity index (χ1) is 9.96. The van der Waals surface area contributed by atoms with Crippen LogP contribution in [0.2, 0.25) is 0 Å². The Hall–Kier alpha value is -1.66. The molecule has 1 aromatic heterocycles. The van der Waals surface area contributed by atoms with E-state index in [2.05, 4.69) is 9.97 Å². The van der Waals surface area contributed by atoms with Gasteiger partial charge in [0.1, 0.15) is 5.82 Å². The van der Waals surface area contributed by atoms with E-state index in [4.69, 9.17) is 0 Å². The predicted octanol–water partition coefficient (Wildman–Crippen LogP) is 2.20. The molecule has 1 aliphatic heterocycles. The largest absolute Gasteiger partial charge is 0.346 e. The fraction of sp³-hybridized carbons (Fsp3) is 0.400. The van der Waals surface area contributed by atoms with Crippen LogP contribution in [0.4, 0.5) is 0 Å². The molecule has 1 unspecified atom stereocenters. The third kappa shape index (κ3) is 2.73. The lowest BCUT2D eigenvalue weighted by Crippen LogP contribution is -2.28. The minimum atomic E-state index is -3.40. The lowest BCUT2D eigenvalue weighted by Gasteiger charge is -2.16. The van der Waals surface area contributed by atoms with Gasteiger partial charge >= 0.3 is 0 Å². The van der Waals surface area contributed by atoms with E-state index in [1.165, 1.54) is 0 Å². The molecule has 0 bridgehead atoms. The van der Waals surface area contributed by atoms with Gasteiger partial charge in [0.05, 0.1) is 4.90 Å². The Morgan fingerprint density at radius 3 is 2.57 bits per heavy atom. The number of hydrogen-bond acceptors (Lipinski definition) is 3. The third-order valence-corrected chi connectivity index (χ3v) is 5.80. The average molecular weight is 305 g/mol. The van der Waals surface area contributed by atoms with E-state index in [0.717, 1.165) is 23.5 Å². The first-order valence-electron chi connectivity index (χ1n) is 7.05. The number of imidazole rings is 1. The van der Waals surface area contributed by atoms with Crippen molar-refractivity contribution in [3.63, 3.8) is 0 Å². The van der Waals surface area contributed by atoms with Crippen LogP contribution >= 0.6 is 0 Å². The molecule has 1 N–H and O–H groups in total. The minimum Gasteiger partial charge on any atom is -0.346 e. The number of hydrogen-bond donors (Lipinski definition) is 1. The van der Waals surface area contributed by atoms with Gasteiger partial charge in [0.15, 0.2) is 0 Å². The number of nitrogens with one attached hydrogen (secondary N) is 1. The standard InChI is InChI=1S/C15H19N3O2S/c1-11-3-5-14(6-4-11)21(19,20)18-8-7-13(10-18)15-16-9-12(2)17-15/h3-6,9,13H,7-8,10H2,1-2H3,(H,16,17). The monoisotopic (exact) mass is 305 g/mol. The topological polar surface area (TPSA) is 66.1 Å². The summed E-state index contributed by atoms with van der Waals surface area (Å²) in [5.74, 6) is 1.04. The van der Waals surface area contributed by atoms with Crippen LogP contribution in [-0.4, -0.2) is 35.8 Å². The highest BCUT2D eigenvalue weighted by atomic mass is 32.2. The van der Waals surface area contributed by atoms with E-state index < -0.39 is 10.0 Å². The maximum Gasteiger partial charge on any atom is 0.243 e. The number of aromatic nitrogens is 2. The second kappa shape index (κ2) is 5.27. The molecule has 0 radical (unpaired) electrons. The fourth-order valence-corrected chi connectivity index (χ4v) is 4.17. The summed E-state index contributed by atoms with van der Waals surface area (Å²) in [5.41, 5.74) is 2.06. The summed E-state index contributed by atoms with van der Waals surface area (Å²) < 4.78 is 26.8.